The Morgan fingerprint density at radius 2 is 2.22 bits per heavy atom. The molecule has 18 heavy (non-hydrogen) atoms. The maximum Gasteiger partial charge on any atom is 0.209 e. The highest BCUT2D eigenvalue weighted by atomic mass is 32.2. The van der Waals surface area contributed by atoms with Crippen molar-refractivity contribution in [1.82, 2.24) is 25.5 Å². The largest absolute Gasteiger partial charge is 0.391 e. The van der Waals surface area contributed by atoms with E-state index in [1.54, 1.807) is 0 Å². The molecule has 1 aliphatic carbocycles. The van der Waals surface area contributed by atoms with Crippen molar-refractivity contribution < 1.29 is 5.11 Å². The zero-order valence-electron chi connectivity index (χ0n) is 10.9. The van der Waals surface area contributed by atoms with E-state index in [0.717, 1.165) is 24.5 Å². The van der Waals surface area contributed by atoms with Crippen molar-refractivity contribution in [3.63, 3.8) is 0 Å². The van der Waals surface area contributed by atoms with Gasteiger partial charge in [0.05, 0.1) is 12.1 Å². The Balaban J connectivity index is 1.68. The van der Waals surface area contributed by atoms with Gasteiger partial charge in [-0.1, -0.05) is 25.6 Å². The number of hydrogen-bond donors (Lipinski definition) is 2. The predicted octanol–water partition coefficient (Wildman–Crippen LogP) is 0.707. The van der Waals surface area contributed by atoms with Crippen molar-refractivity contribution in [2.75, 3.05) is 18.8 Å². The fourth-order valence-corrected chi connectivity index (χ4v) is 2.47. The van der Waals surface area contributed by atoms with Crippen LogP contribution in [-0.2, 0) is 0 Å². The van der Waals surface area contributed by atoms with Gasteiger partial charge in [0, 0.05) is 12.3 Å². The first-order valence-corrected chi connectivity index (χ1v) is 7.45. The van der Waals surface area contributed by atoms with Crippen molar-refractivity contribution in [2.24, 2.45) is 5.92 Å². The van der Waals surface area contributed by atoms with Crippen LogP contribution in [0.15, 0.2) is 5.16 Å². The molecule has 1 aromatic rings. The van der Waals surface area contributed by atoms with E-state index in [1.807, 2.05) is 4.68 Å². The van der Waals surface area contributed by atoms with Crippen LogP contribution in [0.25, 0.3) is 0 Å². The minimum atomic E-state index is -0.363. The average molecular weight is 271 g/mol. The lowest BCUT2D eigenvalue weighted by Crippen LogP contribution is -2.31. The molecule has 1 fully saturated rings. The third-order valence-electron chi connectivity index (χ3n) is 2.69. The highest BCUT2D eigenvalue weighted by Gasteiger charge is 2.28. The number of aromatic nitrogens is 4. The Kier molecular flexibility index (Phi) is 4.96. The summed E-state index contributed by atoms with van der Waals surface area (Å²) in [5.41, 5.74) is 0. The number of hydrogen-bond acceptors (Lipinski definition) is 6. The summed E-state index contributed by atoms with van der Waals surface area (Å²) < 4.78 is 1.87. The predicted molar refractivity (Wildman–Crippen MR) is 70.5 cm³/mol. The maximum atomic E-state index is 9.84. The first-order valence-electron chi connectivity index (χ1n) is 6.46. The minimum absolute atomic E-state index is 0.363. The van der Waals surface area contributed by atoms with Gasteiger partial charge >= 0.3 is 0 Å². The highest BCUT2D eigenvalue weighted by molar-refractivity contribution is 7.99. The Hall–Kier alpha value is -0.660. The molecule has 2 rings (SSSR count). The first kappa shape index (κ1) is 13.8. The fourth-order valence-electron chi connectivity index (χ4n) is 1.60. The van der Waals surface area contributed by atoms with Crippen LogP contribution in [0.1, 0.15) is 32.7 Å². The topological polar surface area (TPSA) is 75.9 Å². The number of nitrogens with one attached hydrogen (secondary N) is 1. The standard InChI is InChI=1S/C11H21N5OS/c1-8(2)5-12-6-10(17)7-18-11-13-14-15-16(11)9-3-4-9/h8-10,12,17H,3-7H2,1-2H3. The van der Waals surface area contributed by atoms with Crippen molar-refractivity contribution in [3.8, 4) is 0 Å². The smallest absolute Gasteiger partial charge is 0.209 e. The lowest BCUT2D eigenvalue weighted by Gasteiger charge is -2.12. The molecule has 1 atom stereocenters. The van der Waals surface area contributed by atoms with Crippen LogP contribution in [0.5, 0.6) is 0 Å². The van der Waals surface area contributed by atoms with Gasteiger partial charge in [0.1, 0.15) is 0 Å². The molecule has 1 heterocycles. The molecule has 1 saturated carbocycles. The summed E-state index contributed by atoms with van der Waals surface area (Å²) in [6.45, 7) is 5.85. The van der Waals surface area contributed by atoms with Gasteiger partial charge in [0.2, 0.25) is 5.16 Å². The summed E-state index contributed by atoms with van der Waals surface area (Å²) in [5, 5.41) is 25.6. The van der Waals surface area contributed by atoms with Crippen LogP contribution in [0.2, 0.25) is 0 Å². The number of thioether (sulfide) groups is 1. The van der Waals surface area contributed by atoms with Gasteiger partial charge in [-0.25, -0.2) is 4.68 Å². The lowest BCUT2D eigenvalue weighted by molar-refractivity contribution is 0.194. The number of aliphatic hydroxyl groups excluding tert-OH is 1. The van der Waals surface area contributed by atoms with Crippen molar-refractivity contribution in [3.05, 3.63) is 0 Å². The molecule has 0 saturated heterocycles. The second kappa shape index (κ2) is 6.49. The SMILES string of the molecule is CC(C)CNCC(O)CSc1nnnn1C1CC1. The molecule has 0 spiro atoms. The fraction of sp³-hybridized carbons (Fsp3) is 0.909. The molecule has 0 radical (unpaired) electrons. The molecule has 2 N–H and O–H groups in total. The van der Waals surface area contributed by atoms with Crippen LogP contribution in [-0.4, -0.2) is 50.3 Å². The summed E-state index contributed by atoms with van der Waals surface area (Å²) in [6, 6.07) is 0.485. The van der Waals surface area contributed by atoms with Crippen LogP contribution in [0.3, 0.4) is 0 Å². The molecule has 1 aromatic heterocycles. The molecule has 7 heteroatoms. The molecule has 6 nitrogen and oxygen atoms in total. The second-order valence-corrected chi connectivity index (χ2v) is 6.14. The van der Waals surface area contributed by atoms with E-state index in [2.05, 4.69) is 34.7 Å². The molecule has 0 bridgehead atoms. The van der Waals surface area contributed by atoms with Gasteiger partial charge in [-0.2, -0.15) is 0 Å². The van der Waals surface area contributed by atoms with Crippen molar-refractivity contribution >= 4 is 11.8 Å². The number of nitrogens with zero attached hydrogens (tertiary/aromatic N) is 4. The van der Waals surface area contributed by atoms with Crippen molar-refractivity contribution in [2.45, 2.75) is 44.0 Å². The molecule has 1 aliphatic rings. The van der Waals surface area contributed by atoms with Gasteiger partial charge in [0.25, 0.3) is 0 Å². The summed E-state index contributed by atoms with van der Waals surface area (Å²) in [5.74, 6) is 1.23. The molecule has 1 unspecified atom stereocenters. The maximum absolute atomic E-state index is 9.84. The van der Waals surface area contributed by atoms with Crippen molar-refractivity contribution in [1.29, 1.82) is 0 Å². The highest BCUT2D eigenvalue weighted by Crippen LogP contribution is 2.36. The third kappa shape index (κ3) is 4.22. The summed E-state index contributed by atoms with van der Waals surface area (Å²) in [6.07, 6.45) is 1.96. The monoisotopic (exact) mass is 271 g/mol. The van der Waals surface area contributed by atoms with Crippen LogP contribution >= 0.6 is 11.8 Å². The summed E-state index contributed by atoms with van der Waals surface area (Å²) in [4.78, 5) is 0. The van der Waals surface area contributed by atoms with Crippen LogP contribution < -0.4 is 5.32 Å². The van der Waals surface area contributed by atoms with Gasteiger partial charge in [0.15, 0.2) is 0 Å². The Morgan fingerprint density at radius 1 is 1.44 bits per heavy atom. The van der Waals surface area contributed by atoms with Crippen LogP contribution in [0.4, 0.5) is 0 Å². The molecule has 102 valence electrons. The first-order chi connectivity index (χ1) is 8.66. The Labute approximate surface area is 112 Å². The zero-order chi connectivity index (χ0) is 13.0. The number of tetrazole rings is 1. The third-order valence-corrected chi connectivity index (χ3v) is 3.77. The van der Waals surface area contributed by atoms with Crippen LogP contribution in [0, 0.1) is 5.92 Å². The van der Waals surface area contributed by atoms with Gasteiger partial charge in [-0.3, -0.25) is 0 Å². The Morgan fingerprint density at radius 3 is 2.89 bits per heavy atom. The van der Waals surface area contributed by atoms with E-state index >= 15 is 0 Å². The van der Waals surface area contributed by atoms with E-state index in [9.17, 15) is 5.11 Å². The average Bonchev–Trinajstić information content (AvgIpc) is 3.05. The molecular weight excluding hydrogens is 250 g/mol. The van der Waals surface area contributed by atoms with Gasteiger partial charge < -0.3 is 10.4 Å². The van der Waals surface area contributed by atoms with Gasteiger partial charge in [-0.15, -0.1) is 5.10 Å². The van der Waals surface area contributed by atoms with E-state index in [-0.39, 0.29) is 6.10 Å². The quantitative estimate of drug-likeness (QED) is 0.678. The minimum Gasteiger partial charge on any atom is -0.391 e. The normalized spacial score (nSPS) is 17.3. The molecular formula is C11H21N5OS. The Bertz CT molecular complexity index is 366. The van der Waals surface area contributed by atoms with Gasteiger partial charge in [-0.05, 0) is 35.7 Å². The summed E-state index contributed by atoms with van der Waals surface area (Å²) >= 11 is 1.53. The number of rotatable bonds is 8. The molecule has 0 amide bonds. The molecule has 0 aromatic carbocycles. The zero-order valence-corrected chi connectivity index (χ0v) is 11.7. The lowest BCUT2D eigenvalue weighted by atomic mass is 10.2. The van der Waals surface area contributed by atoms with E-state index in [0.29, 0.717) is 24.3 Å². The van der Waals surface area contributed by atoms with E-state index in [1.165, 1.54) is 11.8 Å². The van der Waals surface area contributed by atoms with E-state index < -0.39 is 0 Å². The summed E-state index contributed by atoms with van der Waals surface area (Å²) in [7, 11) is 0. The number of aliphatic hydroxyl groups is 1. The van der Waals surface area contributed by atoms with E-state index in [4.69, 9.17) is 0 Å². The second-order valence-electron chi connectivity index (χ2n) is 5.15. The molecule has 0 aliphatic heterocycles.